The Morgan fingerprint density at radius 1 is 0.919 bits per heavy atom. The summed E-state index contributed by atoms with van der Waals surface area (Å²) >= 11 is 0. The smallest absolute Gasteiger partial charge is 0.124 e. The van der Waals surface area contributed by atoms with Crippen molar-refractivity contribution in [2.45, 2.75) is 6.04 Å². The molecule has 0 aliphatic rings. The molecule has 4 aromatic heterocycles. The highest BCUT2D eigenvalue weighted by atomic mass is 19.1. The van der Waals surface area contributed by atoms with E-state index in [4.69, 9.17) is 5.73 Å². The largest absolute Gasteiger partial charge is 0.352 e. The second-order valence-corrected chi connectivity index (χ2v) is 9.40. The first-order chi connectivity index (χ1) is 18.0. The number of hydrogen-bond donors (Lipinski definition) is 3. The van der Waals surface area contributed by atoms with Crippen LogP contribution in [0.15, 0.2) is 73.4 Å². The van der Waals surface area contributed by atoms with Crippen LogP contribution in [0.2, 0.25) is 0 Å². The molecule has 1 unspecified atom stereocenters. The normalized spacial score (nSPS) is 12.6. The predicted octanol–water partition coefficient (Wildman–Crippen LogP) is 4.93. The molecular formula is C28H25FN8. The summed E-state index contributed by atoms with van der Waals surface area (Å²) in [5.41, 5.74) is 13.7. The van der Waals surface area contributed by atoms with E-state index in [9.17, 15) is 4.39 Å². The van der Waals surface area contributed by atoms with Crippen molar-refractivity contribution in [1.29, 1.82) is 0 Å². The lowest BCUT2D eigenvalue weighted by Crippen LogP contribution is -2.26. The van der Waals surface area contributed by atoms with Crippen LogP contribution in [0.4, 0.5) is 4.39 Å². The van der Waals surface area contributed by atoms with Gasteiger partial charge in [-0.15, -0.1) is 0 Å². The van der Waals surface area contributed by atoms with Crippen LogP contribution >= 0.6 is 0 Å². The number of nitrogens with zero attached hydrogens (tertiary/aromatic N) is 5. The molecule has 4 N–H and O–H groups in total. The maximum Gasteiger partial charge on any atom is 0.124 e. The van der Waals surface area contributed by atoms with Crippen LogP contribution in [-0.4, -0.2) is 55.7 Å². The third-order valence-corrected chi connectivity index (χ3v) is 6.44. The minimum absolute atomic E-state index is 0.308. The van der Waals surface area contributed by atoms with Gasteiger partial charge in [-0.25, -0.2) is 4.39 Å². The van der Waals surface area contributed by atoms with Crippen LogP contribution in [0.1, 0.15) is 11.6 Å². The van der Waals surface area contributed by atoms with Gasteiger partial charge >= 0.3 is 0 Å². The molecule has 6 rings (SSSR count). The summed E-state index contributed by atoms with van der Waals surface area (Å²) in [6.07, 6.45) is 8.58. The summed E-state index contributed by atoms with van der Waals surface area (Å²) in [4.78, 5) is 18.4. The van der Waals surface area contributed by atoms with Crippen molar-refractivity contribution < 1.29 is 4.39 Å². The Morgan fingerprint density at radius 2 is 1.81 bits per heavy atom. The molecule has 8 nitrogen and oxygen atoms in total. The molecule has 9 heteroatoms. The number of nitrogens with one attached hydrogen (secondary N) is 2. The highest BCUT2D eigenvalue weighted by molar-refractivity contribution is 6.01. The summed E-state index contributed by atoms with van der Waals surface area (Å²) in [6.45, 7) is 0.614. The Kier molecular flexibility index (Phi) is 5.71. The molecule has 0 bridgehead atoms. The van der Waals surface area contributed by atoms with E-state index in [1.165, 1.54) is 12.1 Å². The molecule has 1 atom stereocenters. The molecule has 0 fully saturated rings. The van der Waals surface area contributed by atoms with Gasteiger partial charge in [0.15, 0.2) is 0 Å². The number of rotatable bonds is 6. The fourth-order valence-corrected chi connectivity index (χ4v) is 4.72. The van der Waals surface area contributed by atoms with Crippen LogP contribution in [0.5, 0.6) is 0 Å². The topological polar surface area (TPSA) is 112 Å². The van der Waals surface area contributed by atoms with Crippen molar-refractivity contribution in [1.82, 2.24) is 35.0 Å². The third kappa shape index (κ3) is 4.35. The van der Waals surface area contributed by atoms with E-state index in [-0.39, 0.29) is 11.9 Å². The lowest BCUT2D eigenvalue weighted by molar-refractivity contribution is 0.376. The van der Waals surface area contributed by atoms with Crippen molar-refractivity contribution in [2.75, 3.05) is 20.6 Å². The molecule has 184 valence electrons. The van der Waals surface area contributed by atoms with Gasteiger partial charge in [-0.3, -0.25) is 20.1 Å². The van der Waals surface area contributed by atoms with Crippen LogP contribution in [0.25, 0.3) is 55.6 Å². The van der Waals surface area contributed by atoms with Gasteiger partial charge in [-0.05, 0) is 61.6 Å². The highest BCUT2D eigenvalue weighted by Crippen LogP contribution is 2.35. The van der Waals surface area contributed by atoms with E-state index in [1.807, 2.05) is 49.3 Å². The summed E-state index contributed by atoms with van der Waals surface area (Å²) < 4.78 is 14.7. The Balaban J connectivity index is 1.45. The average molecular weight is 493 g/mol. The van der Waals surface area contributed by atoms with Crippen LogP contribution < -0.4 is 5.73 Å². The Morgan fingerprint density at radius 3 is 2.62 bits per heavy atom. The number of pyridine rings is 1. The Hall–Kier alpha value is -4.47. The second-order valence-electron chi connectivity index (χ2n) is 9.40. The fraction of sp³-hybridized carbons (Fsp3) is 0.143. The van der Waals surface area contributed by atoms with Gasteiger partial charge in [0.05, 0.1) is 34.8 Å². The summed E-state index contributed by atoms with van der Waals surface area (Å²) in [7, 11) is 3.89. The first kappa shape index (κ1) is 23.0. The van der Waals surface area contributed by atoms with E-state index < -0.39 is 0 Å². The zero-order valence-electron chi connectivity index (χ0n) is 20.4. The Labute approximate surface area is 212 Å². The van der Waals surface area contributed by atoms with Crippen LogP contribution in [0.3, 0.4) is 0 Å². The number of likely N-dealkylation sites (N-methyl/N-ethyl adjacent to an activating group) is 1. The maximum absolute atomic E-state index is 14.7. The predicted molar refractivity (Wildman–Crippen MR) is 143 cm³/mol. The van der Waals surface area contributed by atoms with E-state index in [2.05, 4.69) is 30.1 Å². The first-order valence-electron chi connectivity index (χ1n) is 11.9. The molecule has 0 spiro atoms. The number of benzene rings is 2. The number of H-pyrrole nitrogens is 2. The summed E-state index contributed by atoms with van der Waals surface area (Å²) in [5, 5.41) is 9.56. The standard InChI is InChI=1S/C28H25FN8/c1-37(2)15-23(30)18-7-17(8-19(29)9-18)22-12-32-14-27-20(22)11-25(34-27)28-21-10-16(3-4-24(21)35-36-28)26-13-31-5-6-33-26/h3-14,23,34H,15,30H2,1-2H3,(H,35,36). The van der Waals surface area contributed by atoms with Gasteiger partial charge in [-0.1, -0.05) is 6.07 Å². The molecule has 6 aromatic rings. The van der Waals surface area contributed by atoms with Crippen molar-refractivity contribution >= 4 is 21.8 Å². The number of aromatic nitrogens is 6. The van der Waals surface area contributed by atoms with E-state index >= 15 is 0 Å². The van der Waals surface area contributed by atoms with E-state index in [0.29, 0.717) is 6.54 Å². The monoisotopic (exact) mass is 492 g/mol. The minimum Gasteiger partial charge on any atom is -0.352 e. The molecule has 0 aliphatic carbocycles. The number of hydrogen-bond acceptors (Lipinski definition) is 6. The van der Waals surface area contributed by atoms with Gasteiger partial charge < -0.3 is 15.6 Å². The van der Waals surface area contributed by atoms with Crippen molar-refractivity contribution in [3.8, 4) is 33.8 Å². The SMILES string of the molecule is CN(C)CC(N)c1cc(F)cc(-c2cncc3[nH]c(-c4n[nH]c5ccc(-c6cnccn6)cc45)cc23)c1. The second kappa shape index (κ2) is 9.20. The zero-order chi connectivity index (χ0) is 25.5. The fourth-order valence-electron chi connectivity index (χ4n) is 4.72. The quantitative estimate of drug-likeness (QED) is 0.304. The molecule has 0 saturated carbocycles. The lowest BCUT2D eigenvalue weighted by Gasteiger charge is -2.18. The van der Waals surface area contributed by atoms with Crippen molar-refractivity contribution in [2.24, 2.45) is 5.73 Å². The van der Waals surface area contributed by atoms with Crippen LogP contribution in [0, 0.1) is 5.82 Å². The van der Waals surface area contributed by atoms with Crippen molar-refractivity contribution in [3.05, 3.63) is 84.8 Å². The van der Waals surface area contributed by atoms with Gasteiger partial charge in [0, 0.05) is 53.1 Å². The number of nitrogens with two attached hydrogens (primary N) is 1. The number of fused-ring (bicyclic) bond motifs is 2. The molecular weight excluding hydrogens is 467 g/mol. The first-order valence-corrected chi connectivity index (χ1v) is 11.9. The van der Waals surface area contributed by atoms with Gasteiger partial charge in [0.1, 0.15) is 11.5 Å². The van der Waals surface area contributed by atoms with Crippen LogP contribution in [-0.2, 0) is 0 Å². The summed E-state index contributed by atoms with van der Waals surface area (Å²) in [6, 6.07) is 12.7. The molecule has 0 aliphatic heterocycles. The molecule has 0 amide bonds. The molecule has 37 heavy (non-hydrogen) atoms. The van der Waals surface area contributed by atoms with Crippen molar-refractivity contribution in [3.63, 3.8) is 0 Å². The van der Waals surface area contributed by atoms with E-state index in [1.54, 1.807) is 31.0 Å². The molecule has 2 aromatic carbocycles. The highest BCUT2D eigenvalue weighted by Gasteiger charge is 2.17. The molecule has 0 saturated heterocycles. The molecule has 0 radical (unpaired) electrons. The van der Waals surface area contributed by atoms with Gasteiger partial charge in [-0.2, -0.15) is 5.10 Å². The Bertz CT molecular complexity index is 1720. The summed E-state index contributed by atoms with van der Waals surface area (Å²) in [5.74, 6) is -0.329. The average Bonchev–Trinajstić information content (AvgIpc) is 3.52. The zero-order valence-corrected chi connectivity index (χ0v) is 20.4. The third-order valence-electron chi connectivity index (χ3n) is 6.44. The molecule has 4 heterocycles. The van der Waals surface area contributed by atoms with Gasteiger partial charge in [0.25, 0.3) is 0 Å². The maximum atomic E-state index is 14.7. The number of halogens is 1. The van der Waals surface area contributed by atoms with E-state index in [0.717, 1.165) is 61.1 Å². The lowest BCUT2D eigenvalue weighted by atomic mass is 9.98. The minimum atomic E-state index is -0.329. The number of aromatic amines is 2. The van der Waals surface area contributed by atoms with Gasteiger partial charge in [0.2, 0.25) is 0 Å².